The lowest BCUT2D eigenvalue weighted by molar-refractivity contribution is -0.118. The summed E-state index contributed by atoms with van der Waals surface area (Å²) in [5.74, 6) is 0.479. The Bertz CT molecular complexity index is 790. The second kappa shape index (κ2) is 8.49. The molecule has 5 heteroatoms. The van der Waals surface area contributed by atoms with Crippen molar-refractivity contribution in [3.63, 3.8) is 0 Å². The molecule has 0 spiro atoms. The molecule has 3 rings (SSSR count). The summed E-state index contributed by atoms with van der Waals surface area (Å²) in [7, 11) is 0. The summed E-state index contributed by atoms with van der Waals surface area (Å²) >= 11 is 0. The van der Waals surface area contributed by atoms with Crippen LogP contribution in [0.25, 0.3) is 0 Å². The van der Waals surface area contributed by atoms with Gasteiger partial charge in [-0.3, -0.25) is 9.78 Å². The molecule has 3 aromatic rings. The van der Waals surface area contributed by atoms with Crippen molar-refractivity contribution < 1.29 is 9.53 Å². The Labute approximate surface area is 146 Å². The Kier molecular flexibility index (Phi) is 5.61. The van der Waals surface area contributed by atoms with Gasteiger partial charge >= 0.3 is 0 Å². The lowest BCUT2D eigenvalue weighted by Gasteiger charge is -2.09. The summed E-state index contributed by atoms with van der Waals surface area (Å²) in [6, 6.07) is 20.7. The molecule has 5 nitrogen and oxygen atoms in total. The molecule has 1 heterocycles. The second-order valence-corrected chi connectivity index (χ2v) is 5.44. The maximum absolute atomic E-state index is 11.9. The summed E-state index contributed by atoms with van der Waals surface area (Å²) in [5, 5.41) is 6.12. The minimum Gasteiger partial charge on any atom is -0.484 e. The smallest absolute Gasteiger partial charge is 0.262 e. The molecule has 0 saturated carbocycles. The largest absolute Gasteiger partial charge is 0.484 e. The lowest BCUT2D eigenvalue weighted by Crippen LogP contribution is -2.20. The van der Waals surface area contributed by atoms with E-state index in [0.29, 0.717) is 12.3 Å². The molecule has 1 amide bonds. The molecule has 0 radical (unpaired) electrons. The maximum atomic E-state index is 11.9. The molecule has 25 heavy (non-hydrogen) atoms. The van der Waals surface area contributed by atoms with Crippen LogP contribution in [0.3, 0.4) is 0 Å². The fraction of sp³-hybridized carbons (Fsp3) is 0.100. The van der Waals surface area contributed by atoms with Crippen molar-refractivity contribution in [2.75, 3.05) is 17.2 Å². The van der Waals surface area contributed by atoms with Crippen molar-refractivity contribution in [3.8, 4) is 5.75 Å². The number of benzene rings is 2. The SMILES string of the molecule is O=C(COc1ccccc1)Nc1ccc(NCc2cccnc2)cc1. The molecular weight excluding hydrogens is 314 g/mol. The fourth-order valence-electron chi connectivity index (χ4n) is 2.24. The van der Waals surface area contributed by atoms with Crippen LogP contribution in [0.15, 0.2) is 79.1 Å². The first-order valence-electron chi connectivity index (χ1n) is 8.00. The van der Waals surface area contributed by atoms with Gasteiger partial charge in [-0.15, -0.1) is 0 Å². The molecule has 0 aliphatic rings. The molecule has 0 aliphatic carbocycles. The molecule has 0 aliphatic heterocycles. The van der Waals surface area contributed by atoms with E-state index in [1.807, 2.05) is 72.9 Å². The topological polar surface area (TPSA) is 63.2 Å². The first-order valence-corrected chi connectivity index (χ1v) is 8.00. The standard InChI is InChI=1S/C20H19N3O2/c24-20(15-25-19-6-2-1-3-7-19)23-18-10-8-17(9-11-18)22-14-16-5-4-12-21-13-16/h1-13,22H,14-15H2,(H,23,24). The first kappa shape index (κ1) is 16.5. The molecule has 0 atom stereocenters. The number of hydrogen-bond donors (Lipinski definition) is 2. The Morgan fingerprint density at radius 2 is 1.68 bits per heavy atom. The summed E-state index contributed by atoms with van der Waals surface area (Å²) in [5.41, 5.74) is 2.81. The van der Waals surface area contributed by atoms with Gasteiger partial charge in [0, 0.05) is 30.3 Å². The lowest BCUT2D eigenvalue weighted by atomic mass is 10.2. The van der Waals surface area contributed by atoms with E-state index < -0.39 is 0 Å². The van der Waals surface area contributed by atoms with E-state index in [9.17, 15) is 4.79 Å². The van der Waals surface area contributed by atoms with E-state index >= 15 is 0 Å². The third-order valence-electron chi connectivity index (χ3n) is 3.50. The van der Waals surface area contributed by atoms with Crippen LogP contribution >= 0.6 is 0 Å². The van der Waals surface area contributed by atoms with Gasteiger partial charge < -0.3 is 15.4 Å². The maximum Gasteiger partial charge on any atom is 0.262 e. The Hall–Kier alpha value is -3.34. The minimum atomic E-state index is -0.195. The van der Waals surface area contributed by atoms with Crippen LogP contribution in [0.1, 0.15) is 5.56 Å². The Morgan fingerprint density at radius 1 is 0.920 bits per heavy atom. The highest BCUT2D eigenvalue weighted by Gasteiger charge is 2.04. The highest BCUT2D eigenvalue weighted by Crippen LogP contribution is 2.15. The molecule has 2 aromatic carbocycles. The summed E-state index contributed by atoms with van der Waals surface area (Å²) in [4.78, 5) is 16.0. The van der Waals surface area contributed by atoms with Crippen molar-refractivity contribution >= 4 is 17.3 Å². The number of hydrogen-bond acceptors (Lipinski definition) is 4. The van der Waals surface area contributed by atoms with Crippen LogP contribution in [-0.4, -0.2) is 17.5 Å². The zero-order chi connectivity index (χ0) is 17.3. The number of pyridine rings is 1. The van der Waals surface area contributed by atoms with Gasteiger partial charge in [0.1, 0.15) is 5.75 Å². The van der Waals surface area contributed by atoms with Crippen LogP contribution in [0, 0.1) is 0 Å². The van der Waals surface area contributed by atoms with Crippen molar-refractivity contribution in [2.45, 2.75) is 6.54 Å². The number of para-hydroxylation sites is 1. The predicted octanol–water partition coefficient (Wildman–Crippen LogP) is 3.71. The zero-order valence-corrected chi connectivity index (χ0v) is 13.7. The van der Waals surface area contributed by atoms with Crippen molar-refractivity contribution in [3.05, 3.63) is 84.7 Å². The summed E-state index contributed by atoms with van der Waals surface area (Å²) in [6.07, 6.45) is 3.58. The number of aromatic nitrogens is 1. The number of carbonyl (C=O) groups is 1. The number of ether oxygens (including phenoxy) is 1. The number of nitrogens with one attached hydrogen (secondary N) is 2. The van der Waals surface area contributed by atoms with Crippen molar-refractivity contribution in [1.82, 2.24) is 4.98 Å². The summed E-state index contributed by atoms with van der Waals surface area (Å²) in [6.45, 7) is 0.676. The average molecular weight is 333 g/mol. The van der Waals surface area contributed by atoms with Crippen LogP contribution in [0.4, 0.5) is 11.4 Å². The number of anilines is 2. The quantitative estimate of drug-likeness (QED) is 0.692. The molecule has 0 bridgehead atoms. The third-order valence-corrected chi connectivity index (χ3v) is 3.50. The Balaban J connectivity index is 1.46. The fourth-order valence-corrected chi connectivity index (χ4v) is 2.24. The van der Waals surface area contributed by atoms with Gasteiger partial charge in [0.25, 0.3) is 5.91 Å². The van der Waals surface area contributed by atoms with Crippen molar-refractivity contribution in [1.29, 1.82) is 0 Å². The molecule has 0 saturated heterocycles. The molecular formula is C20H19N3O2. The van der Waals surface area contributed by atoms with Crippen LogP contribution in [-0.2, 0) is 11.3 Å². The molecule has 0 unspecified atom stereocenters. The highest BCUT2D eigenvalue weighted by molar-refractivity contribution is 5.92. The second-order valence-electron chi connectivity index (χ2n) is 5.44. The number of rotatable bonds is 7. The van der Waals surface area contributed by atoms with E-state index in [0.717, 1.165) is 16.9 Å². The number of carbonyl (C=O) groups excluding carboxylic acids is 1. The molecule has 126 valence electrons. The molecule has 1 aromatic heterocycles. The van der Waals surface area contributed by atoms with Gasteiger partial charge in [0.15, 0.2) is 6.61 Å². The monoisotopic (exact) mass is 333 g/mol. The number of amides is 1. The summed E-state index contributed by atoms with van der Waals surface area (Å²) < 4.78 is 5.42. The third kappa shape index (κ3) is 5.35. The normalized spacial score (nSPS) is 10.1. The van der Waals surface area contributed by atoms with Gasteiger partial charge in [-0.25, -0.2) is 0 Å². The zero-order valence-electron chi connectivity index (χ0n) is 13.7. The first-order chi connectivity index (χ1) is 12.3. The Morgan fingerprint density at radius 3 is 2.40 bits per heavy atom. The average Bonchev–Trinajstić information content (AvgIpc) is 2.67. The van der Waals surface area contributed by atoms with E-state index in [2.05, 4.69) is 15.6 Å². The van der Waals surface area contributed by atoms with E-state index in [1.165, 1.54) is 0 Å². The van der Waals surface area contributed by atoms with Gasteiger partial charge in [-0.1, -0.05) is 24.3 Å². The van der Waals surface area contributed by atoms with Crippen molar-refractivity contribution in [2.24, 2.45) is 0 Å². The van der Waals surface area contributed by atoms with Crippen LogP contribution in [0.2, 0.25) is 0 Å². The van der Waals surface area contributed by atoms with E-state index in [-0.39, 0.29) is 12.5 Å². The van der Waals surface area contributed by atoms with E-state index in [1.54, 1.807) is 6.20 Å². The van der Waals surface area contributed by atoms with Crippen LogP contribution in [0.5, 0.6) is 5.75 Å². The van der Waals surface area contributed by atoms with Gasteiger partial charge in [-0.2, -0.15) is 0 Å². The van der Waals surface area contributed by atoms with E-state index in [4.69, 9.17) is 4.74 Å². The van der Waals surface area contributed by atoms with Gasteiger partial charge in [-0.05, 0) is 48.0 Å². The minimum absolute atomic E-state index is 0.0228. The number of nitrogens with zero attached hydrogens (tertiary/aromatic N) is 1. The predicted molar refractivity (Wildman–Crippen MR) is 98.6 cm³/mol. The van der Waals surface area contributed by atoms with Crippen LogP contribution < -0.4 is 15.4 Å². The molecule has 0 fully saturated rings. The van der Waals surface area contributed by atoms with Gasteiger partial charge in [0.2, 0.25) is 0 Å². The molecule has 2 N–H and O–H groups in total. The highest BCUT2D eigenvalue weighted by atomic mass is 16.5. The van der Waals surface area contributed by atoms with Gasteiger partial charge in [0.05, 0.1) is 0 Å².